The number of hydrogen-bond acceptors (Lipinski definition) is 4. The summed E-state index contributed by atoms with van der Waals surface area (Å²) < 4.78 is 0. The zero-order valence-corrected chi connectivity index (χ0v) is 24.0. The Kier molecular flexibility index (Phi) is 8.38. The molecule has 0 spiro atoms. The lowest BCUT2D eigenvalue weighted by Gasteiger charge is -2.51. The third-order valence-electron chi connectivity index (χ3n) is 7.93. The quantitative estimate of drug-likeness (QED) is 0.376. The molecule has 0 aliphatic carbocycles. The van der Waals surface area contributed by atoms with Crippen LogP contribution in [0.15, 0.2) is 72.8 Å². The van der Waals surface area contributed by atoms with Crippen LogP contribution in [0.4, 0.5) is 0 Å². The van der Waals surface area contributed by atoms with E-state index in [9.17, 15) is 19.5 Å². The van der Waals surface area contributed by atoms with Gasteiger partial charge in [0.25, 0.3) is 5.91 Å². The second-order valence-electron chi connectivity index (χ2n) is 11.5. The van der Waals surface area contributed by atoms with Gasteiger partial charge in [-0.05, 0) is 65.4 Å². The maximum Gasteiger partial charge on any atom is 0.251 e. The summed E-state index contributed by atoms with van der Waals surface area (Å²) in [5.74, 6) is -1.18. The number of carbonyl (C=O) groups is 3. The summed E-state index contributed by atoms with van der Waals surface area (Å²) in [7, 11) is 0. The Morgan fingerprint density at radius 2 is 1.60 bits per heavy atom. The highest BCUT2D eigenvalue weighted by Crippen LogP contribution is 2.46. The van der Waals surface area contributed by atoms with E-state index in [1.807, 2.05) is 45.9 Å². The van der Waals surface area contributed by atoms with E-state index in [-0.39, 0.29) is 17.7 Å². The predicted molar refractivity (Wildman–Crippen MR) is 157 cm³/mol. The summed E-state index contributed by atoms with van der Waals surface area (Å²) in [6.45, 7) is 8.40. The van der Waals surface area contributed by atoms with E-state index in [0.29, 0.717) is 35.7 Å². The van der Waals surface area contributed by atoms with E-state index >= 15 is 0 Å². The first kappa shape index (κ1) is 29.3. The number of nitrogens with one attached hydrogen (secondary N) is 1. The summed E-state index contributed by atoms with van der Waals surface area (Å²) in [6.07, 6.45) is 0.364. The van der Waals surface area contributed by atoms with E-state index in [0.717, 1.165) is 16.7 Å². The zero-order valence-electron chi connectivity index (χ0n) is 23.3. The molecular formula is C32H36ClN3O4. The van der Waals surface area contributed by atoms with Crippen LogP contribution in [0.1, 0.15) is 60.4 Å². The summed E-state index contributed by atoms with van der Waals surface area (Å²) in [6, 6.07) is 20.4. The number of halogens is 1. The summed E-state index contributed by atoms with van der Waals surface area (Å²) in [5, 5.41) is 15.2. The van der Waals surface area contributed by atoms with Gasteiger partial charge in [0.1, 0.15) is 6.04 Å². The molecule has 4 N–H and O–H groups in total. The van der Waals surface area contributed by atoms with E-state index in [1.165, 1.54) is 0 Å². The van der Waals surface area contributed by atoms with Crippen LogP contribution in [0.2, 0.25) is 5.02 Å². The van der Waals surface area contributed by atoms with Gasteiger partial charge in [-0.1, -0.05) is 75.7 Å². The second-order valence-corrected chi connectivity index (χ2v) is 11.9. The molecule has 0 bridgehead atoms. The van der Waals surface area contributed by atoms with Crippen molar-refractivity contribution in [2.45, 2.75) is 45.8 Å². The smallest absolute Gasteiger partial charge is 0.251 e. The van der Waals surface area contributed by atoms with Crippen LogP contribution in [-0.4, -0.2) is 46.9 Å². The van der Waals surface area contributed by atoms with Gasteiger partial charge in [-0.15, -0.1) is 0 Å². The third kappa shape index (κ3) is 5.91. The topological polar surface area (TPSA) is 113 Å². The molecule has 4 rings (SSSR count). The predicted octanol–water partition coefficient (Wildman–Crippen LogP) is 5.01. The van der Waals surface area contributed by atoms with Crippen molar-refractivity contribution in [3.8, 4) is 11.1 Å². The second kappa shape index (κ2) is 11.4. The van der Waals surface area contributed by atoms with Crippen molar-refractivity contribution < 1.29 is 19.5 Å². The highest BCUT2D eigenvalue weighted by atomic mass is 35.5. The Morgan fingerprint density at radius 1 is 0.950 bits per heavy atom. The van der Waals surface area contributed by atoms with Gasteiger partial charge in [-0.25, -0.2) is 0 Å². The number of primary amides is 1. The standard InChI is InChI=1S/C32H36ClN3O4/c1-20(2)27(30(39)36-17-16-32(40,31(3,4)19-36)25-12-14-26(33)15-13-25)35-29(38)24-7-5-6-23(18-24)21-8-10-22(11-9-21)28(34)37/h5-15,18,20,27,40H,16-17,19H2,1-4H3,(H2,34,37)(H,35,38)/t27-,32+/m1/s1. The molecule has 1 aliphatic rings. The fourth-order valence-corrected chi connectivity index (χ4v) is 5.50. The minimum Gasteiger partial charge on any atom is -0.384 e. The van der Waals surface area contributed by atoms with Crippen LogP contribution in [0, 0.1) is 11.3 Å². The maximum atomic E-state index is 13.7. The minimum atomic E-state index is -1.12. The van der Waals surface area contributed by atoms with Gasteiger partial charge in [-0.2, -0.15) is 0 Å². The van der Waals surface area contributed by atoms with Crippen molar-refractivity contribution in [1.82, 2.24) is 10.2 Å². The molecule has 1 heterocycles. The Labute approximate surface area is 240 Å². The molecule has 3 amide bonds. The maximum absolute atomic E-state index is 13.7. The summed E-state index contributed by atoms with van der Waals surface area (Å²) in [5.41, 5.74) is 6.80. The molecule has 3 aromatic carbocycles. The molecule has 3 aromatic rings. The number of piperidine rings is 1. The average Bonchev–Trinajstić information content (AvgIpc) is 2.93. The molecule has 210 valence electrons. The molecular weight excluding hydrogens is 526 g/mol. The largest absolute Gasteiger partial charge is 0.384 e. The Bertz CT molecular complexity index is 1400. The van der Waals surface area contributed by atoms with Gasteiger partial charge in [0.15, 0.2) is 0 Å². The van der Waals surface area contributed by atoms with E-state index in [4.69, 9.17) is 17.3 Å². The lowest BCUT2D eigenvalue weighted by Crippen LogP contribution is -2.60. The molecule has 1 saturated heterocycles. The normalized spacial score (nSPS) is 19.2. The monoisotopic (exact) mass is 561 g/mol. The molecule has 2 atom stereocenters. The Morgan fingerprint density at radius 3 is 2.17 bits per heavy atom. The van der Waals surface area contributed by atoms with Crippen molar-refractivity contribution in [3.05, 3.63) is 94.5 Å². The van der Waals surface area contributed by atoms with Crippen molar-refractivity contribution in [3.63, 3.8) is 0 Å². The van der Waals surface area contributed by atoms with Crippen LogP contribution in [-0.2, 0) is 10.4 Å². The fourth-order valence-electron chi connectivity index (χ4n) is 5.37. The van der Waals surface area contributed by atoms with E-state index < -0.39 is 23.0 Å². The minimum absolute atomic E-state index is 0.152. The highest BCUT2D eigenvalue weighted by Gasteiger charge is 2.50. The lowest BCUT2D eigenvalue weighted by molar-refractivity contribution is -0.155. The van der Waals surface area contributed by atoms with E-state index in [1.54, 1.807) is 59.5 Å². The molecule has 0 radical (unpaired) electrons. The molecule has 0 saturated carbocycles. The SMILES string of the molecule is CC(C)[C@@H](NC(=O)c1cccc(-c2ccc(C(N)=O)cc2)c1)C(=O)N1CC[C@](O)(c2ccc(Cl)cc2)C(C)(C)C1. The van der Waals surface area contributed by atoms with Crippen LogP contribution >= 0.6 is 11.6 Å². The van der Waals surface area contributed by atoms with Gasteiger partial charge in [0.05, 0.1) is 5.60 Å². The molecule has 1 aliphatic heterocycles. The average molecular weight is 562 g/mol. The van der Waals surface area contributed by atoms with Gasteiger partial charge in [0, 0.05) is 34.7 Å². The number of carbonyl (C=O) groups excluding carboxylic acids is 3. The number of nitrogens with two attached hydrogens (primary N) is 1. The van der Waals surface area contributed by atoms with Crippen molar-refractivity contribution in [1.29, 1.82) is 0 Å². The number of likely N-dealkylation sites (tertiary alicyclic amines) is 1. The first-order valence-electron chi connectivity index (χ1n) is 13.4. The lowest BCUT2D eigenvalue weighted by atomic mass is 9.66. The molecule has 1 fully saturated rings. The van der Waals surface area contributed by atoms with Crippen molar-refractivity contribution in [2.24, 2.45) is 17.1 Å². The van der Waals surface area contributed by atoms with Gasteiger partial charge < -0.3 is 21.1 Å². The van der Waals surface area contributed by atoms with Crippen molar-refractivity contribution >= 4 is 29.3 Å². The van der Waals surface area contributed by atoms with Crippen molar-refractivity contribution in [2.75, 3.05) is 13.1 Å². The number of benzene rings is 3. The number of hydrogen-bond donors (Lipinski definition) is 3. The fraction of sp³-hybridized carbons (Fsp3) is 0.344. The van der Waals surface area contributed by atoms with E-state index in [2.05, 4.69) is 5.32 Å². The van der Waals surface area contributed by atoms with Crippen LogP contribution in [0.25, 0.3) is 11.1 Å². The van der Waals surface area contributed by atoms with Crippen LogP contribution in [0.3, 0.4) is 0 Å². The van der Waals surface area contributed by atoms with Gasteiger partial charge in [0.2, 0.25) is 11.8 Å². The number of nitrogens with zero attached hydrogens (tertiary/aromatic N) is 1. The zero-order chi connectivity index (χ0) is 29.2. The summed E-state index contributed by atoms with van der Waals surface area (Å²) >= 11 is 6.05. The first-order chi connectivity index (χ1) is 18.8. The Balaban J connectivity index is 1.49. The van der Waals surface area contributed by atoms with Crippen LogP contribution < -0.4 is 11.1 Å². The Hall–Kier alpha value is -3.68. The highest BCUT2D eigenvalue weighted by molar-refractivity contribution is 6.30. The molecule has 0 aromatic heterocycles. The van der Waals surface area contributed by atoms with Gasteiger partial charge >= 0.3 is 0 Å². The third-order valence-corrected chi connectivity index (χ3v) is 8.18. The van der Waals surface area contributed by atoms with Gasteiger partial charge in [-0.3, -0.25) is 14.4 Å². The number of amides is 3. The number of rotatable bonds is 7. The van der Waals surface area contributed by atoms with Crippen LogP contribution in [0.5, 0.6) is 0 Å². The summed E-state index contributed by atoms with van der Waals surface area (Å²) in [4.78, 5) is 40.2. The molecule has 40 heavy (non-hydrogen) atoms. The molecule has 8 heteroatoms. The molecule has 7 nitrogen and oxygen atoms in total. The first-order valence-corrected chi connectivity index (χ1v) is 13.8. The number of aliphatic hydroxyl groups is 1. The molecule has 0 unspecified atom stereocenters.